The first kappa shape index (κ1) is 18.4. The Morgan fingerprint density at radius 2 is 1.46 bits per heavy atom. The second-order valence-electron chi connectivity index (χ2n) is 6.19. The number of para-hydroxylation sites is 1. The Morgan fingerprint density at radius 3 is 2.04 bits per heavy atom. The maximum atomic E-state index is 12.5. The van der Waals surface area contributed by atoms with Gasteiger partial charge in [-0.15, -0.1) is 22.7 Å². The first-order valence-corrected chi connectivity index (χ1v) is 10.1. The predicted molar refractivity (Wildman–Crippen MR) is 108 cm³/mol. The molecule has 0 aliphatic heterocycles. The summed E-state index contributed by atoms with van der Waals surface area (Å²) in [5.74, 6) is -0.0728. The molecule has 1 aromatic carbocycles. The molecule has 0 bridgehead atoms. The van der Waals surface area contributed by atoms with Crippen LogP contribution in [-0.2, 0) is 0 Å². The van der Waals surface area contributed by atoms with Crippen LogP contribution in [0.2, 0.25) is 0 Å². The van der Waals surface area contributed by atoms with Gasteiger partial charge in [-0.25, -0.2) is 0 Å². The Kier molecular flexibility index (Phi) is 5.85. The lowest BCUT2D eigenvalue weighted by molar-refractivity contribution is 0.0930. The SMILES string of the molecule is CC(C)[C@H](NC(=O)c1cccs1)c1ccccc1NC(=O)c1cccs1. The molecule has 3 aromatic rings. The third-order valence-electron chi connectivity index (χ3n) is 3.99. The first-order chi connectivity index (χ1) is 12.6. The molecular formula is C20H20N2O2S2. The lowest BCUT2D eigenvalue weighted by atomic mass is 9.94. The molecule has 3 rings (SSSR count). The van der Waals surface area contributed by atoms with E-state index in [1.807, 2.05) is 53.2 Å². The van der Waals surface area contributed by atoms with Crippen LogP contribution in [0.3, 0.4) is 0 Å². The molecule has 26 heavy (non-hydrogen) atoms. The Bertz CT molecular complexity index is 871. The number of thiophene rings is 2. The van der Waals surface area contributed by atoms with E-state index in [-0.39, 0.29) is 23.8 Å². The van der Waals surface area contributed by atoms with E-state index in [4.69, 9.17) is 0 Å². The van der Waals surface area contributed by atoms with Crippen molar-refractivity contribution in [3.05, 3.63) is 74.6 Å². The molecule has 2 N–H and O–H groups in total. The van der Waals surface area contributed by atoms with Gasteiger partial charge in [-0.3, -0.25) is 9.59 Å². The van der Waals surface area contributed by atoms with Crippen molar-refractivity contribution in [1.82, 2.24) is 5.32 Å². The Morgan fingerprint density at radius 1 is 0.846 bits per heavy atom. The molecule has 0 saturated carbocycles. The number of hydrogen-bond acceptors (Lipinski definition) is 4. The van der Waals surface area contributed by atoms with Gasteiger partial charge >= 0.3 is 0 Å². The van der Waals surface area contributed by atoms with Gasteiger partial charge in [0.05, 0.1) is 15.8 Å². The highest BCUT2D eigenvalue weighted by atomic mass is 32.1. The van der Waals surface area contributed by atoms with Crippen molar-refractivity contribution in [2.75, 3.05) is 5.32 Å². The van der Waals surface area contributed by atoms with Gasteiger partial charge in [-0.2, -0.15) is 0 Å². The van der Waals surface area contributed by atoms with Gasteiger partial charge in [0.2, 0.25) is 0 Å². The van der Waals surface area contributed by atoms with E-state index >= 15 is 0 Å². The lowest BCUT2D eigenvalue weighted by Gasteiger charge is -2.25. The normalized spacial score (nSPS) is 12.0. The van der Waals surface area contributed by atoms with E-state index in [1.54, 1.807) is 6.07 Å². The summed E-state index contributed by atoms with van der Waals surface area (Å²) in [6, 6.07) is 14.7. The zero-order valence-corrected chi connectivity index (χ0v) is 16.2. The van der Waals surface area contributed by atoms with Crippen LogP contribution in [-0.4, -0.2) is 11.8 Å². The average Bonchev–Trinajstić information content (AvgIpc) is 3.33. The van der Waals surface area contributed by atoms with Gasteiger partial charge in [-0.1, -0.05) is 44.2 Å². The molecule has 2 aromatic heterocycles. The van der Waals surface area contributed by atoms with Crippen molar-refractivity contribution in [3.63, 3.8) is 0 Å². The Hall–Kier alpha value is -2.44. The molecule has 0 aliphatic rings. The summed E-state index contributed by atoms with van der Waals surface area (Å²) in [7, 11) is 0. The van der Waals surface area contributed by atoms with E-state index in [0.717, 1.165) is 11.3 Å². The lowest BCUT2D eigenvalue weighted by Crippen LogP contribution is -2.32. The summed E-state index contributed by atoms with van der Waals surface area (Å²) in [6.07, 6.45) is 0. The molecule has 0 unspecified atom stereocenters. The van der Waals surface area contributed by atoms with Crippen molar-refractivity contribution in [2.24, 2.45) is 5.92 Å². The van der Waals surface area contributed by atoms with Crippen molar-refractivity contribution >= 4 is 40.2 Å². The van der Waals surface area contributed by atoms with Crippen molar-refractivity contribution in [1.29, 1.82) is 0 Å². The van der Waals surface area contributed by atoms with Crippen molar-refractivity contribution in [2.45, 2.75) is 19.9 Å². The molecular weight excluding hydrogens is 364 g/mol. The second kappa shape index (κ2) is 8.29. The predicted octanol–water partition coefficient (Wildman–Crippen LogP) is 5.19. The molecule has 0 radical (unpaired) electrons. The molecule has 4 nitrogen and oxygen atoms in total. The molecule has 2 heterocycles. The fourth-order valence-electron chi connectivity index (χ4n) is 2.70. The van der Waals surface area contributed by atoms with E-state index in [1.165, 1.54) is 22.7 Å². The van der Waals surface area contributed by atoms with E-state index in [2.05, 4.69) is 24.5 Å². The molecule has 0 aliphatic carbocycles. The summed E-state index contributed by atoms with van der Waals surface area (Å²) < 4.78 is 0. The van der Waals surface area contributed by atoms with Crippen LogP contribution < -0.4 is 10.6 Å². The number of nitrogens with one attached hydrogen (secondary N) is 2. The minimum Gasteiger partial charge on any atom is -0.344 e. The number of anilines is 1. The molecule has 134 valence electrons. The topological polar surface area (TPSA) is 58.2 Å². The summed E-state index contributed by atoms with van der Waals surface area (Å²) in [4.78, 5) is 26.3. The van der Waals surface area contributed by atoms with Crippen LogP contribution in [0.15, 0.2) is 59.3 Å². The molecule has 0 spiro atoms. The zero-order chi connectivity index (χ0) is 18.5. The van der Waals surface area contributed by atoms with E-state index in [9.17, 15) is 9.59 Å². The number of hydrogen-bond donors (Lipinski definition) is 2. The molecule has 0 fully saturated rings. The second-order valence-corrected chi connectivity index (χ2v) is 8.09. The van der Waals surface area contributed by atoms with Gasteiger partial charge < -0.3 is 10.6 Å². The highest BCUT2D eigenvalue weighted by Crippen LogP contribution is 2.29. The van der Waals surface area contributed by atoms with Gasteiger partial charge in [0.1, 0.15) is 0 Å². The Labute approximate surface area is 160 Å². The van der Waals surface area contributed by atoms with Gasteiger partial charge in [0.25, 0.3) is 11.8 Å². The highest BCUT2D eigenvalue weighted by molar-refractivity contribution is 7.12. The van der Waals surface area contributed by atoms with Crippen molar-refractivity contribution < 1.29 is 9.59 Å². The molecule has 0 saturated heterocycles. The van der Waals surface area contributed by atoms with E-state index in [0.29, 0.717) is 9.75 Å². The number of carbonyl (C=O) groups excluding carboxylic acids is 2. The highest BCUT2D eigenvalue weighted by Gasteiger charge is 2.23. The van der Waals surface area contributed by atoms with Gasteiger partial charge in [0, 0.05) is 5.69 Å². The number of rotatable bonds is 6. The number of carbonyl (C=O) groups is 2. The zero-order valence-electron chi connectivity index (χ0n) is 14.6. The van der Waals surface area contributed by atoms with Crippen LogP contribution in [0.5, 0.6) is 0 Å². The maximum Gasteiger partial charge on any atom is 0.265 e. The Balaban J connectivity index is 1.85. The quantitative estimate of drug-likeness (QED) is 0.614. The largest absolute Gasteiger partial charge is 0.344 e. The molecule has 6 heteroatoms. The molecule has 2 amide bonds. The van der Waals surface area contributed by atoms with Crippen LogP contribution in [0.25, 0.3) is 0 Å². The number of amides is 2. The summed E-state index contributed by atoms with van der Waals surface area (Å²) in [5, 5.41) is 9.84. The fraction of sp³-hybridized carbons (Fsp3) is 0.200. The van der Waals surface area contributed by atoms with Crippen molar-refractivity contribution in [3.8, 4) is 0 Å². The minimum absolute atomic E-state index is 0.0990. The third kappa shape index (κ3) is 4.20. The summed E-state index contributed by atoms with van der Waals surface area (Å²) in [6.45, 7) is 4.11. The van der Waals surface area contributed by atoms with Crippen LogP contribution in [0, 0.1) is 5.92 Å². The van der Waals surface area contributed by atoms with E-state index < -0.39 is 0 Å². The summed E-state index contributed by atoms with van der Waals surface area (Å²) in [5.41, 5.74) is 1.62. The minimum atomic E-state index is -0.204. The van der Waals surface area contributed by atoms with Crippen LogP contribution in [0.1, 0.15) is 44.8 Å². The fourth-order valence-corrected chi connectivity index (χ4v) is 3.94. The standard InChI is InChI=1S/C20H20N2O2S2/c1-13(2)18(22-20(24)17-10-6-12-26-17)14-7-3-4-8-15(14)21-19(23)16-9-5-11-25-16/h3-13,18H,1-2H3,(H,21,23)(H,22,24)/t18-/m0/s1. The summed E-state index contributed by atoms with van der Waals surface area (Å²) >= 11 is 2.81. The van der Waals surface area contributed by atoms with Crippen LogP contribution >= 0.6 is 22.7 Å². The number of benzene rings is 1. The first-order valence-electron chi connectivity index (χ1n) is 8.34. The maximum absolute atomic E-state index is 12.5. The average molecular weight is 385 g/mol. The smallest absolute Gasteiger partial charge is 0.265 e. The van der Waals surface area contributed by atoms with Gasteiger partial charge in [0.15, 0.2) is 0 Å². The van der Waals surface area contributed by atoms with Crippen LogP contribution in [0.4, 0.5) is 5.69 Å². The molecule has 1 atom stereocenters. The third-order valence-corrected chi connectivity index (χ3v) is 5.72. The van der Waals surface area contributed by atoms with Gasteiger partial charge in [-0.05, 0) is 40.4 Å². The monoisotopic (exact) mass is 384 g/mol.